The molecule has 2 aromatic carbocycles. The highest BCUT2D eigenvalue weighted by Crippen LogP contribution is 2.12. The fourth-order valence-electron chi connectivity index (χ4n) is 2.67. The Bertz CT molecular complexity index is 794. The summed E-state index contributed by atoms with van der Waals surface area (Å²) in [6.07, 6.45) is 4.20. The predicted molar refractivity (Wildman–Crippen MR) is 110 cm³/mol. The number of ether oxygens (including phenoxy) is 2. The van der Waals surface area contributed by atoms with Crippen molar-refractivity contribution < 1.29 is 19.1 Å². The van der Waals surface area contributed by atoms with Crippen LogP contribution in [-0.4, -0.2) is 44.1 Å². The zero-order valence-corrected chi connectivity index (χ0v) is 16.7. The molecule has 0 N–H and O–H groups in total. The molecule has 2 rings (SSSR count). The first-order valence-corrected chi connectivity index (χ1v) is 9.25. The topological polar surface area (TPSA) is 55.8 Å². The number of methoxy groups -OCH3 is 2. The van der Waals surface area contributed by atoms with E-state index in [0.29, 0.717) is 19.5 Å². The summed E-state index contributed by atoms with van der Waals surface area (Å²) in [6, 6.07) is 15.7. The van der Waals surface area contributed by atoms with Gasteiger partial charge >= 0.3 is 5.97 Å². The number of nitrogens with zero attached hydrogens (tertiary/aromatic N) is 1. The number of esters is 1. The second kappa shape index (κ2) is 10.9. The lowest BCUT2D eigenvalue weighted by Gasteiger charge is -2.21. The minimum absolute atomic E-state index is 0.127. The molecule has 148 valence electrons. The van der Waals surface area contributed by atoms with Gasteiger partial charge in [-0.25, -0.2) is 0 Å². The molecule has 0 aliphatic carbocycles. The monoisotopic (exact) mass is 381 g/mol. The average Bonchev–Trinajstić information content (AvgIpc) is 2.73. The number of hydrogen-bond donors (Lipinski definition) is 0. The molecule has 0 fully saturated rings. The number of carbonyl (C=O) groups is 2. The maximum atomic E-state index is 12.7. The molecule has 5 nitrogen and oxygen atoms in total. The highest BCUT2D eigenvalue weighted by Gasteiger charge is 2.13. The van der Waals surface area contributed by atoms with Gasteiger partial charge in [0.05, 0.1) is 20.6 Å². The number of carbonyl (C=O) groups excluding carboxylic acids is 2. The second-order valence-electron chi connectivity index (χ2n) is 6.49. The summed E-state index contributed by atoms with van der Waals surface area (Å²) in [6.45, 7) is 2.85. The summed E-state index contributed by atoms with van der Waals surface area (Å²) < 4.78 is 9.87. The maximum absolute atomic E-state index is 12.7. The van der Waals surface area contributed by atoms with E-state index in [1.54, 1.807) is 24.2 Å². The molecule has 0 aromatic heterocycles. The Kier molecular flexibility index (Phi) is 8.28. The van der Waals surface area contributed by atoms with E-state index in [1.807, 2.05) is 55.5 Å². The van der Waals surface area contributed by atoms with Gasteiger partial charge in [0.2, 0.25) is 5.91 Å². The molecule has 0 aliphatic rings. The van der Waals surface area contributed by atoms with E-state index in [2.05, 4.69) is 0 Å². The van der Waals surface area contributed by atoms with Crippen molar-refractivity contribution in [1.82, 2.24) is 4.90 Å². The van der Waals surface area contributed by atoms with E-state index < -0.39 is 0 Å². The largest absolute Gasteiger partial charge is 0.497 e. The van der Waals surface area contributed by atoms with Crippen molar-refractivity contribution in [3.8, 4) is 5.75 Å². The summed E-state index contributed by atoms with van der Waals surface area (Å²) in [7, 11) is 2.98. The van der Waals surface area contributed by atoms with E-state index in [0.717, 1.165) is 16.9 Å². The Balaban J connectivity index is 2.02. The van der Waals surface area contributed by atoms with Crippen LogP contribution in [0.25, 0.3) is 6.08 Å². The lowest BCUT2D eigenvalue weighted by atomic mass is 10.1. The Morgan fingerprint density at radius 2 is 1.64 bits per heavy atom. The van der Waals surface area contributed by atoms with Gasteiger partial charge in [-0.3, -0.25) is 9.59 Å². The highest BCUT2D eigenvalue weighted by atomic mass is 16.5. The zero-order chi connectivity index (χ0) is 20.4. The van der Waals surface area contributed by atoms with Crippen LogP contribution in [0, 0.1) is 6.92 Å². The van der Waals surface area contributed by atoms with Crippen LogP contribution in [0.5, 0.6) is 5.75 Å². The second-order valence-corrected chi connectivity index (χ2v) is 6.49. The van der Waals surface area contributed by atoms with Crippen LogP contribution in [0.15, 0.2) is 54.6 Å². The molecule has 2 aromatic rings. The third kappa shape index (κ3) is 6.91. The van der Waals surface area contributed by atoms with E-state index in [9.17, 15) is 9.59 Å². The number of amides is 1. The fraction of sp³-hybridized carbons (Fsp3) is 0.304. The normalized spacial score (nSPS) is 10.7. The van der Waals surface area contributed by atoms with Crippen molar-refractivity contribution in [1.29, 1.82) is 0 Å². The van der Waals surface area contributed by atoms with Gasteiger partial charge in [-0.1, -0.05) is 42.0 Å². The minimum atomic E-state index is -0.329. The van der Waals surface area contributed by atoms with Crippen LogP contribution < -0.4 is 4.74 Å². The summed E-state index contributed by atoms with van der Waals surface area (Å²) in [5.74, 6) is 0.339. The molecule has 0 heterocycles. The van der Waals surface area contributed by atoms with Crippen LogP contribution in [-0.2, 0) is 20.7 Å². The van der Waals surface area contributed by atoms with Crippen LogP contribution in [0.1, 0.15) is 23.1 Å². The molecule has 0 aliphatic heterocycles. The number of aryl methyl sites for hydroxylation is 1. The summed E-state index contributed by atoms with van der Waals surface area (Å²) in [4.78, 5) is 25.8. The molecule has 1 amide bonds. The van der Waals surface area contributed by atoms with Crippen molar-refractivity contribution in [2.24, 2.45) is 0 Å². The van der Waals surface area contributed by atoms with E-state index in [1.165, 1.54) is 12.7 Å². The standard InChI is InChI=1S/C23H27NO4/c1-18-4-6-19(7-5-18)10-13-22(25)24(17-15-23(26)28-3)16-14-20-8-11-21(27-2)12-9-20/h4-13H,14-17H2,1-3H3/b13-10+. The molecule has 0 radical (unpaired) electrons. The van der Waals surface area contributed by atoms with Crippen molar-refractivity contribution >= 4 is 18.0 Å². The first kappa shape index (κ1) is 21.2. The van der Waals surface area contributed by atoms with Gasteiger partial charge in [0.15, 0.2) is 0 Å². The zero-order valence-electron chi connectivity index (χ0n) is 16.7. The third-order valence-corrected chi connectivity index (χ3v) is 4.45. The summed E-state index contributed by atoms with van der Waals surface area (Å²) in [5.41, 5.74) is 3.23. The van der Waals surface area contributed by atoms with E-state index in [-0.39, 0.29) is 18.3 Å². The van der Waals surface area contributed by atoms with Gasteiger partial charge in [0, 0.05) is 19.2 Å². The van der Waals surface area contributed by atoms with E-state index in [4.69, 9.17) is 9.47 Å². The third-order valence-electron chi connectivity index (χ3n) is 4.45. The van der Waals surface area contributed by atoms with Crippen LogP contribution in [0.3, 0.4) is 0 Å². The lowest BCUT2D eigenvalue weighted by molar-refractivity contribution is -0.141. The molecular formula is C23H27NO4. The smallest absolute Gasteiger partial charge is 0.307 e. The molecule has 0 saturated heterocycles. The SMILES string of the molecule is COC(=O)CCN(CCc1ccc(OC)cc1)C(=O)/C=C/c1ccc(C)cc1. The Labute approximate surface area is 166 Å². The molecule has 5 heteroatoms. The van der Waals surface area contributed by atoms with Gasteiger partial charge in [-0.05, 0) is 42.7 Å². The van der Waals surface area contributed by atoms with Crippen LogP contribution in [0.2, 0.25) is 0 Å². The van der Waals surface area contributed by atoms with Gasteiger partial charge in [-0.2, -0.15) is 0 Å². The molecule has 0 atom stereocenters. The molecule has 0 unspecified atom stereocenters. The van der Waals surface area contributed by atoms with Crippen molar-refractivity contribution in [3.63, 3.8) is 0 Å². The Hall–Kier alpha value is -3.08. The molecule has 0 saturated carbocycles. The van der Waals surface area contributed by atoms with Crippen LogP contribution >= 0.6 is 0 Å². The number of hydrogen-bond acceptors (Lipinski definition) is 4. The summed E-state index contributed by atoms with van der Waals surface area (Å²) in [5, 5.41) is 0. The highest BCUT2D eigenvalue weighted by molar-refractivity contribution is 5.92. The summed E-state index contributed by atoms with van der Waals surface area (Å²) >= 11 is 0. The predicted octanol–water partition coefficient (Wildman–Crippen LogP) is 3.65. The molecule has 28 heavy (non-hydrogen) atoms. The van der Waals surface area contributed by atoms with Gasteiger partial charge < -0.3 is 14.4 Å². The van der Waals surface area contributed by atoms with Gasteiger partial charge in [0.25, 0.3) is 0 Å². The molecular weight excluding hydrogens is 354 g/mol. The quantitative estimate of drug-likeness (QED) is 0.491. The Morgan fingerprint density at radius 3 is 2.25 bits per heavy atom. The van der Waals surface area contributed by atoms with Crippen molar-refractivity contribution in [2.45, 2.75) is 19.8 Å². The molecule has 0 spiro atoms. The van der Waals surface area contributed by atoms with E-state index >= 15 is 0 Å². The number of rotatable bonds is 9. The van der Waals surface area contributed by atoms with Crippen molar-refractivity contribution in [2.75, 3.05) is 27.3 Å². The average molecular weight is 381 g/mol. The van der Waals surface area contributed by atoms with Crippen LogP contribution in [0.4, 0.5) is 0 Å². The molecule has 0 bridgehead atoms. The number of benzene rings is 2. The van der Waals surface area contributed by atoms with Gasteiger partial charge in [-0.15, -0.1) is 0 Å². The minimum Gasteiger partial charge on any atom is -0.497 e. The first-order valence-electron chi connectivity index (χ1n) is 9.25. The van der Waals surface area contributed by atoms with Crippen molar-refractivity contribution in [3.05, 3.63) is 71.3 Å². The maximum Gasteiger partial charge on any atom is 0.307 e. The van der Waals surface area contributed by atoms with Gasteiger partial charge in [0.1, 0.15) is 5.75 Å². The Morgan fingerprint density at radius 1 is 0.964 bits per heavy atom. The lowest BCUT2D eigenvalue weighted by Crippen LogP contribution is -2.33. The first-order chi connectivity index (χ1) is 13.5. The fourth-order valence-corrected chi connectivity index (χ4v) is 2.67.